The van der Waals surface area contributed by atoms with Crippen LogP contribution in [0.1, 0.15) is 6.92 Å². The van der Waals surface area contributed by atoms with Crippen molar-refractivity contribution >= 4 is 28.7 Å². The highest BCUT2D eigenvalue weighted by Gasteiger charge is 2.18. The standard InChI is InChI=1S/C14H12ClFN2O3/c1-2-21-13-7-6-9(8-11(13)16)17-12-5-3-4-10(15)14(12)18(19)20/h3-8,17H,2H2,1H3. The predicted octanol–water partition coefficient (Wildman–Crippen LogP) is 4.53. The molecule has 5 nitrogen and oxygen atoms in total. The number of halogens is 2. The number of rotatable bonds is 5. The first-order chi connectivity index (χ1) is 10.0. The van der Waals surface area contributed by atoms with Crippen molar-refractivity contribution in [3.63, 3.8) is 0 Å². The maximum atomic E-state index is 13.8. The van der Waals surface area contributed by atoms with Gasteiger partial charge < -0.3 is 10.1 Å². The predicted molar refractivity (Wildman–Crippen MR) is 79.0 cm³/mol. The van der Waals surface area contributed by atoms with E-state index in [1.54, 1.807) is 19.1 Å². The Morgan fingerprint density at radius 1 is 1.38 bits per heavy atom. The van der Waals surface area contributed by atoms with Crippen LogP contribution in [0.25, 0.3) is 0 Å². The number of para-hydroxylation sites is 1. The molecule has 7 heteroatoms. The molecule has 0 radical (unpaired) electrons. The summed E-state index contributed by atoms with van der Waals surface area (Å²) >= 11 is 5.81. The maximum Gasteiger partial charge on any atom is 0.311 e. The molecule has 2 rings (SSSR count). The maximum absolute atomic E-state index is 13.8. The van der Waals surface area contributed by atoms with Crippen LogP contribution in [0.5, 0.6) is 5.75 Å². The van der Waals surface area contributed by atoms with Gasteiger partial charge >= 0.3 is 5.69 Å². The zero-order valence-corrected chi connectivity index (χ0v) is 11.9. The van der Waals surface area contributed by atoms with Crippen molar-refractivity contribution < 1.29 is 14.1 Å². The summed E-state index contributed by atoms with van der Waals surface area (Å²) in [5, 5.41) is 13.8. The molecule has 21 heavy (non-hydrogen) atoms. The van der Waals surface area contributed by atoms with Gasteiger partial charge in [-0.15, -0.1) is 0 Å². The Kier molecular flexibility index (Phi) is 4.59. The Morgan fingerprint density at radius 2 is 2.14 bits per heavy atom. The Morgan fingerprint density at radius 3 is 2.76 bits per heavy atom. The molecule has 2 aromatic rings. The van der Waals surface area contributed by atoms with Crippen LogP contribution in [0.2, 0.25) is 5.02 Å². The number of nitro benzene ring substituents is 1. The molecule has 0 aliphatic carbocycles. The van der Waals surface area contributed by atoms with E-state index in [-0.39, 0.29) is 22.1 Å². The normalized spacial score (nSPS) is 10.2. The van der Waals surface area contributed by atoms with E-state index in [1.165, 1.54) is 24.3 Å². The molecule has 0 unspecified atom stereocenters. The summed E-state index contributed by atoms with van der Waals surface area (Å²) in [4.78, 5) is 10.4. The molecule has 0 fully saturated rings. The van der Waals surface area contributed by atoms with E-state index in [0.717, 1.165) is 0 Å². The number of hydrogen-bond donors (Lipinski definition) is 1. The van der Waals surface area contributed by atoms with Crippen molar-refractivity contribution in [1.82, 2.24) is 0 Å². The number of nitrogens with zero attached hydrogens (tertiary/aromatic N) is 1. The third-order valence-electron chi connectivity index (χ3n) is 2.68. The summed E-state index contributed by atoms with van der Waals surface area (Å²) in [6, 6.07) is 8.72. The van der Waals surface area contributed by atoms with Crippen molar-refractivity contribution in [2.75, 3.05) is 11.9 Å². The van der Waals surface area contributed by atoms with E-state index in [0.29, 0.717) is 12.3 Å². The highest BCUT2D eigenvalue weighted by molar-refractivity contribution is 6.33. The summed E-state index contributed by atoms with van der Waals surface area (Å²) in [5.74, 6) is -0.421. The second-order valence-electron chi connectivity index (χ2n) is 4.10. The first-order valence-electron chi connectivity index (χ1n) is 6.15. The molecule has 0 saturated carbocycles. The minimum absolute atomic E-state index is 0.0106. The molecule has 0 aliphatic heterocycles. The average Bonchev–Trinajstić information content (AvgIpc) is 2.41. The zero-order chi connectivity index (χ0) is 15.4. The quantitative estimate of drug-likeness (QED) is 0.651. The first kappa shape index (κ1) is 15.1. The number of hydrogen-bond acceptors (Lipinski definition) is 4. The lowest BCUT2D eigenvalue weighted by Gasteiger charge is -2.10. The van der Waals surface area contributed by atoms with Crippen molar-refractivity contribution in [2.24, 2.45) is 0 Å². The lowest BCUT2D eigenvalue weighted by Crippen LogP contribution is -1.99. The monoisotopic (exact) mass is 310 g/mol. The summed E-state index contributed by atoms with van der Waals surface area (Å²) < 4.78 is 18.8. The minimum Gasteiger partial charge on any atom is -0.491 e. The number of ether oxygens (including phenoxy) is 1. The number of anilines is 2. The van der Waals surface area contributed by atoms with Crippen molar-refractivity contribution in [3.05, 3.63) is 57.4 Å². The molecule has 0 saturated heterocycles. The van der Waals surface area contributed by atoms with Crippen molar-refractivity contribution in [3.8, 4) is 5.75 Å². The van der Waals surface area contributed by atoms with Gasteiger partial charge in [0.2, 0.25) is 0 Å². The Bertz CT molecular complexity index is 679. The smallest absolute Gasteiger partial charge is 0.311 e. The summed E-state index contributed by atoms with van der Waals surface area (Å²) in [7, 11) is 0. The molecular weight excluding hydrogens is 299 g/mol. The molecule has 2 aromatic carbocycles. The van der Waals surface area contributed by atoms with Crippen LogP contribution in [0.15, 0.2) is 36.4 Å². The van der Waals surface area contributed by atoms with E-state index >= 15 is 0 Å². The van der Waals surface area contributed by atoms with E-state index in [9.17, 15) is 14.5 Å². The molecule has 0 aromatic heterocycles. The molecule has 1 N–H and O–H groups in total. The minimum atomic E-state index is -0.588. The zero-order valence-electron chi connectivity index (χ0n) is 11.1. The number of nitro groups is 1. The van der Waals surface area contributed by atoms with Gasteiger partial charge in [0.25, 0.3) is 0 Å². The van der Waals surface area contributed by atoms with Crippen LogP contribution in [0.3, 0.4) is 0 Å². The average molecular weight is 311 g/mol. The number of nitrogens with one attached hydrogen (secondary N) is 1. The van der Waals surface area contributed by atoms with Crippen molar-refractivity contribution in [2.45, 2.75) is 6.92 Å². The lowest BCUT2D eigenvalue weighted by atomic mass is 10.2. The van der Waals surface area contributed by atoms with Gasteiger partial charge in [0.1, 0.15) is 10.7 Å². The van der Waals surface area contributed by atoms with Crippen LogP contribution in [-0.2, 0) is 0 Å². The van der Waals surface area contributed by atoms with Gasteiger partial charge in [0.15, 0.2) is 11.6 Å². The summed E-state index contributed by atoms with van der Waals surface area (Å²) in [6.45, 7) is 2.10. The number of benzene rings is 2. The van der Waals surface area contributed by atoms with E-state index in [4.69, 9.17) is 16.3 Å². The second-order valence-corrected chi connectivity index (χ2v) is 4.50. The fourth-order valence-electron chi connectivity index (χ4n) is 1.81. The molecule has 0 bridgehead atoms. The molecule has 0 amide bonds. The van der Waals surface area contributed by atoms with Gasteiger partial charge in [-0.2, -0.15) is 0 Å². The van der Waals surface area contributed by atoms with Gasteiger partial charge in [-0.3, -0.25) is 10.1 Å². The van der Waals surface area contributed by atoms with Crippen LogP contribution < -0.4 is 10.1 Å². The van der Waals surface area contributed by atoms with E-state index < -0.39 is 10.7 Å². The van der Waals surface area contributed by atoms with Gasteiger partial charge in [0.05, 0.1) is 11.5 Å². The SMILES string of the molecule is CCOc1ccc(Nc2cccc(Cl)c2[N+](=O)[O-])cc1F. The van der Waals surface area contributed by atoms with Gasteiger partial charge in [-0.05, 0) is 31.2 Å². The summed E-state index contributed by atoms with van der Waals surface area (Å²) in [5.41, 5.74) is 0.297. The molecule has 0 atom stereocenters. The third-order valence-corrected chi connectivity index (χ3v) is 2.99. The Balaban J connectivity index is 2.33. The Hall–Kier alpha value is -2.34. The molecule has 0 spiro atoms. The highest BCUT2D eigenvalue weighted by atomic mass is 35.5. The molecule has 110 valence electrons. The van der Waals surface area contributed by atoms with E-state index in [1.807, 2.05) is 0 Å². The van der Waals surface area contributed by atoms with Crippen LogP contribution in [0.4, 0.5) is 21.5 Å². The second kappa shape index (κ2) is 6.41. The summed E-state index contributed by atoms with van der Waals surface area (Å²) in [6.07, 6.45) is 0. The van der Waals surface area contributed by atoms with E-state index in [2.05, 4.69) is 5.32 Å². The third kappa shape index (κ3) is 3.41. The highest BCUT2D eigenvalue weighted by Crippen LogP contribution is 2.34. The van der Waals surface area contributed by atoms with Crippen molar-refractivity contribution in [1.29, 1.82) is 0 Å². The van der Waals surface area contributed by atoms with Crippen LogP contribution >= 0.6 is 11.6 Å². The largest absolute Gasteiger partial charge is 0.491 e. The topological polar surface area (TPSA) is 64.4 Å². The van der Waals surface area contributed by atoms with Gasteiger partial charge in [-0.25, -0.2) is 4.39 Å². The fraction of sp³-hybridized carbons (Fsp3) is 0.143. The first-order valence-corrected chi connectivity index (χ1v) is 6.53. The van der Waals surface area contributed by atoms with Crippen LogP contribution in [-0.4, -0.2) is 11.5 Å². The van der Waals surface area contributed by atoms with Gasteiger partial charge in [0, 0.05) is 11.8 Å². The Labute approximate surface area is 125 Å². The molecular formula is C14H12ClFN2O3. The fourth-order valence-corrected chi connectivity index (χ4v) is 2.05. The molecule has 0 aliphatic rings. The van der Waals surface area contributed by atoms with Gasteiger partial charge in [-0.1, -0.05) is 17.7 Å². The molecule has 0 heterocycles. The van der Waals surface area contributed by atoms with Crippen LogP contribution in [0, 0.1) is 15.9 Å². The lowest BCUT2D eigenvalue weighted by molar-refractivity contribution is -0.383.